The normalized spacial score (nSPS) is 11.0. The Balaban J connectivity index is 2.01. The van der Waals surface area contributed by atoms with Gasteiger partial charge in [-0.25, -0.2) is 5.10 Å². The van der Waals surface area contributed by atoms with Crippen LogP contribution in [0.5, 0.6) is 0 Å². The van der Waals surface area contributed by atoms with Gasteiger partial charge in [0.2, 0.25) is 4.77 Å². The maximum atomic E-state index is 5.18. The van der Waals surface area contributed by atoms with E-state index in [4.69, 9.17) is 12.2 Å². The quantitative estimate of drug-likeness (QED) is 0.591. The third kappa shape index (κ3) is 2.52. The lowest BCUT2D eigenvalue weighted by Gasteiger charge is -1.99. The summed E-state index contributed by atoms with van der Waals surface area (Å²) >= 11 is 5.18. The highest BCUT2D eigenvalue weighted by atomic mass is 32.1. The van der Waals surface area contributed by atoms with Gasteiger partial charge in [-0.05, 0) is 36.5 Å². The molecule has 0 fully saturated rings. The first-order valence-corrected chi connectivity index (χ1v) is 6.28. The van der Waals surface area contributed by atoms with Crippen molar-refractivity contribution in [1.82, 2.24) is 24.8 Å². The van der Waals surface area contributed by atoms with Crippen LogP contribution in [-0.4, -0.2) is 31.1 Å². The van der Waals surface area contributed by atoms with Crippen molar-refractivity contribution in [3.63, 3.8) is 0 Å². The lowest BCUT2D eigenvalue weighted by molar-refractivity contribution is 0.870. The summed E-state index contributed by atoms with van der Waals surface area (Å²) in [7, 11) is 0. The molecule has 0 bridgehead atoms. The first kappa shape index (κ1) is 12.4. The number of H-pyrrole nitrogens is 1. The SMILES string of the molecule is S=c1[nH]nc(-c2ccncc2)n1/N=C\c1ccccn1. The summed E-state index contributed by atoms with van der Waals surface area (Å²) in [5, 5.41) is 11.2. The second-order valence-corrected chi connectivity index (χ2v) is 4.29. The predicted octanol–water partition coefficient (Wildman–Crippen LogP) is 2.28. The molecule has 0 saturated carbocycles. The van der Waals surface area contributed by atoms with Gasteiger partial charge in [-0.15, -0.1) is 0 Å². The monoisotopic (exact) mass is 282 g/mol. The van der Waals surface area contributed by atoms with Crippen LogP contribution in [-0.2, 0) is 0 Å². The van der Waals surface area contributed by atoms with E-state index in [-0.39, 0.29) is 0 Å². The smallest absolute Gasteiger partial charge is 0.216 e. The summed E-state index contributed by atoms with van der Waals surface area (Å²) in [6.07, 6.45) is 6.73. The zero-order valence-electron chi connectivity index (χ0n) is 10.3. The second kappa shape index (κ2) is 5.54. The molecule has 0 aliphatic carbocycles. The fourth-order valence-corrected chi connectivity index (χ4v) is 1.84. The van der Waals surface area contributed by atoms with Gasteiger partial charge in [-0.3, -0.25) is 9.97 Å². The third-order valence-electron chi connectivity index (χ3n) is 2.58. The van der Waals surface area contributed by atoms with Crippen molar-refractivity contribution >= 4 is 18.4 Å². The van der Waals surface area contributed by atoms with Gasteiger partial charge in [-0.1, -0.05) is 6.07 Å². The van der Waals surface area contributed by atoms with Crippen LogP contribution in [0.3, 0.4) is 0 Å². The Labute approximate surface area is 119 Å². The zero-order valence-corrected chi connectivity index (χ0v) is 11.2. The number of nitrogens with zero attached hydrogens (tertiary/aromatic N) is 5. The summed E-state index contributed by atoms with van der Waals surface area (Å²) in [5.74, 6) is 0.629. The van der Waals surface area contributed by atoms with Gasteiger partial charge in [0.15, 0.2) is 5.82 Å². The van der Waals surface area contributed by atoms with Crippen LogP contribution in [0.15, 0.2) is 54.0 Å². The number of aromatic amines is 1. The van der Waals surface area contributed by atoms with Crippen molar-refractivity contribution in [2.45, 2.75) is 0 Å². The van der Waals surface area contributed by atoms with Crippen molar-refractivity contribution in [1.29, 1.82) is 0 Å². The Morgan fingerprint density at radius 2 is 2.00 bits per heavy atom. The van der Waals surface area contributed by atoms with Gasteiger partial charge in [0.1, 0.15) is 0 Å². The summed E-state index contributed by atoms with van der Waals surface area (Å²) in [6, 6.07) is 9.30. The molecule has 0 aliphatic heterocycles. The minimum absolute atomic E-state index is 0.420. The van der Waals surface area contributed by atoms with E-state index in [2.05, 4.69) is 25.3 Å². The van der Waals surface area contributed by atoms with E-state index in [1.54, 1.807) is 29.5 Å². The first-order chi connectivity index (χ1) is 9.84. The molecule has 0 aliphatic rings. The zero-order chi connectivity index (χ0) is 13.8. The molecule has 7 heteroatoms. The molecule has 6 nitrogen and oxygen atoms in total. The summed E-state index contributed by atoms with van der Waals surface area (Å²) in [5.41, 5.74) is 1.63. The number of hydrogen-bond acceptors (Lipinski definition) is 5. The Hall–Kier alpha value is -2.67. The average molecular weight is 282 g/mol. The number of nitrogens with one attached hydrogen (secondary N) is 1. The van der Waals surface area contributed by atoms with Crippen LogP contribution in [0.1, 0.15) is 5.69 Å². The predicted molar refractivity (Wildman–Crippen MR) is 77.9 cm³/mol. The molecule has 0 spiro atoms. The minimum atomic E-state index is 0.420. The van der Waals surface area contributed by atoms with Crippen molar-refractivity contribution in [2.75, 3.05) is 0 Å². The maximum absolute atomic E-state index is 5.18. The average Bonchev–Trinajstić information content (AvgIpc) is 2.88. The molecule has 98 valence electrons. The second-order valence-electron chi connectivity index (χ2n) is 3.90. The van der Waals surface area contributed by atoms with E-state index in [0.29, 0.717) is 10.6 Å². The minimum Gasteiger partial charge on any atom is -0.265 e. The van der Waals surface area contributed by atoms with E-state index >= 15 is 0 Å². The molecule has 3 heterocycles. The molecule has 3 aromatic heterocycles. The molecule has 1 N–H and O–H groups in total. The topological polar surface area (TPSA) is 71.8 Å². The fraction of sp³-hybridized carbons (Fsp3) is 0. The molecule has 0 aromatic carbocycles. The first-order valence-electron chi connectivity index (χ1n) is 5.88. The Kier molecular flexibility index (Phi) is 3.42. The van der Waals surface area contributed by atoms with Crippen LogP contribution in [0, 0.1) is 4.77 Å². The molecule has 0 atom stereocenters. The lowest BCUT2D eigenvalue weighted by atomic mass is 10.2. The number of hydrogen-bond donors (Lipinski definition) is 1. The Morgan fingerprint density at radius 3 is 2.75 bits per heavy atom. The van der Waals surface area contributed by atoms with Crippen LogP contribution >= 0.6 is 12.2 Å². The molecular weight excluding hydrogens is 272 g/mol. The summed E-state index contributed by atoms with van der Waals surface area (Å²) in [4.78, 5) is 8.15. The number of aromatic nitrogens is 5. The molecule has 0 saturated heterocycles. The molecule has 3 aromatic rings. The van der Waals surface area contributed by atoms with Gasteiger partial charge in [0.05, 0.1) is 11.9 Å². The largest absolute Gasteiger partial charge is 0.265 e. The molecule has 0 radical (unpaired) electrons. The van der Waals surface area contributed by atoms with Gasteiger partial charge < -0.3 is 0 Å². The van der Waals surface area contributed by atoms with E-state index < -0.39 is 0 Å². The molecule has 3 rings (SSSR count). The van der Waals surface area contributed by atoms with Crippen molar-refractivity contribution in [2.24, 2.45) is 5.10 Å². The fourth-order valence-electron chi connectivity index (χ4n) is 1.66. The summed E-state index contributed by atoms with van der Waals surface area (Å²) < 4.78 is 1.98. The molecule has 0 unspecified atom stereocenters. The highest BCUT2D eigenvalue weighted by molar-refractivity contribution is 7.71. The van der Waals surface area contributed by atoms with E-state index in [1.165, 1.54) is 0 Å². The van der Waals surface area contributed by atoms with Gasteiger partial charge in [-0.2, -0.15) is 14.9 Å². The van der Waals surface area contributed by atoms with Crippen molar-refractivity contribution in [3.8, 4) is 11.4 Å². The number of pyridine rings is 2. The molecular formula is C13H10N6S. The third-order valence-corrected chi connectivity index (χ3v) is 2.85. The van der Waals surface area contributed by atoms with Crippen LogP contribution in [0.2, 0.25) is 0 Å². The lowest BCUT2D eigenvalue weighted by Crippen LogP contribution is -1.96. The highest BCUT2D eigenvalue weighted by Gasteiger charge is 2.07. The van der Waals surface area contributed by atoms with E-state index in [0.717, 1.165) is 11.3 Å². The maximum Gasteiger partial charge on any atom is 0.216 e. The van der Waals surface area contributed by atoms with E-state index in [1.807, 2.05) is 30.3 Å². The van der Waals surface area contributed by atoms with Gasteiger partial charge >= 0.3 is 0 Å². The number of rotatable bonds is 3. The van der Waals surface area contributed by atoms with E-state index in [9.17, 15) is 0 Å². The molecule has 20 heavy (non-hydrogen) atoms. The van der Waals surface area contributed by atoms with Crippen LogP contribution < -0.4 is 0 Å². The Morgan fingerprint density at radius 1 is 1.15 bits per heavy atom. The van der Waals surface area contributed by atoms with Gasteiger partial charge in [0.25, 0.3) is 0 Å². The van der Waals surface area contributed by atoms with Crippen LogP contribution in [0.25, 0.3) is 11.4 Å². The van der Waals surface area contributed by atoms with Gasteiger partial charge in [0, 0.05) is 24.2 Å². The van der Waals surface area contributed by atoms with Crippen molar-refractivity contribution < 1.29 is 0 Å². The standard InChI is InChI=1S/C13H10N6S/c20-13-18-17-12(10-4-7-14-8-5-10)19(13)16-9-11-3-1-2-6-15-11/h1-9H,(H,18,20)/b16-9-. The Bertz CT molecular complexity index is 775. The summed E-state index contributed by atoms with van der Waals surface area (Å²) in [6.45, 7) is 0. The van der Waals surface area contributed by atoms with Crippen molar-refractivity contribution in [3.05, 3.63) is 59.4 Å². The molecule has 0 amide bonds. The van der Waals surface area contributed by atoms with Crippen LogP contribution in [0.4, 0.5) is 0 Å². The highest BCUT2D eigenvalue weighted by Crippen LogP contribution is 2.15.